The van der Waals surface area contributed by atoms with Crippen LogP contribution < -0.4 is 46.5 Å². The number of halogens is 2. The second-order valence-corrected chi connectivity index (χ2v) is 54.9. The minimum Gasteiger partial charge on any atom is -0.508 e. The summed E-state index contributed by atoms with van der Waals surface area (Å²) in [4.78, 5) is 76.6. The lowest BCUT2D eigenvalue weighted by molar-refractivity contribution is -0.143. The third kappa shape index (κ3) is 45.4. The molecule has 4 amide bonds. The van der Waals surface area contributed by atoms with Gasteiger partial charge in [-0.15, -0.1) is 11.6 Å². The van der Waals surface area contributed by atoms with E-state index in [0.29, 0.717) is 63.3 Å². The van der Waals surface area contributed by atoms with E-state index in [-0.39, 0.29) is 47.2 Å². The summed E-state index contributed by atoms with van der Waals surface area (Å²) in [6.07, 6.45) is 5.84. The van der Waals surface area contributed by atoms with E-state index in [9.17, 15) is 39.0 Å². The number of aliphatic hydroxyl groups is 1. The average Bonchev–Trinajstić information content (AvgIpc) is 1.66. The number of ether oxygens (including phenoxy) is 8. The Kier molecular flexibility index (Phi) is 47.6. The normalized spacial score (nSPS) is 13.3. The van der Waals surface area contributed by atoms with Crippen molar-refractivity contribution >= 4 is 111 Å². The fraction of sp³-hybridized carbons (Fsp3) is 0.585. The number of rotatable bonds is 38. The van der Waals surface area contributed by atoms with E-state index >= 15 is 0 Å². The third-order valence-electron chi connectivity index (χ3n) is 20.6. The van der Waals surface area contributed by atoms with E-state index in [1.165, 1.54) is 31.9 Å². The summed E-state index contributed by atoms with van der Waals surface area (Å²) in [5.74, 6) is 2.08. The summed E-state index contributed by atoms with van der Waals surface area (Å²) in [5, 5.41) is 35.4. The predicted molar refractivity (Wildman–Crippen MR) is 518 cm³/mol. The van der Waals surface area contributed by atoms with Crippen LogP contribution in [0, 0.1) is 0 Å². The number of hydrogen-bond donors (Lipinski definition) is 8. The number of phenols is 1. The molecule has 1 aromatic heterocycles. The number of alkyl carbamates (subject to hydrolysis) is 3. The number of aromatic nitrogens is 1. The molecule has 126 heavy (non-hydrogen) atoms. The molecule has 5 aromatic carbocycles. The number of amides is 4. The highest BCUT2D eigenvalue weighted by atomic mass is 79.9. The van der Waals surface area contributed by atoms with Crippen molar-refractivity contribution in [1.82, 2.24) is 20.9 Å². The molecule has 26 nitrogen and oxygen atoms in total. The number of nitrogens with one attached hydrogen (secondary N) is 5. The van der Waals surface area contributed by atoms with E-state index in [0.717, 1.165) is 105 Å². The summed E-state index contributed by atoms with van der Waals surface area (Å²) in [7, 11) is -2.35. The summed E-state index contributed by atoms with van der Waals surface area (Å²) in [6.45, 7) is 54.3. The second kappa shape index (κ2) is 53.3. The number of phenolic OH excluding ortho intramolecular Hbond substituents is 1. The highest BCUT2D eigenvalue weighted by molar-refractivity contribution is 9.09. The number of aromatic hydroxyl groups is 1. The molecule has 1 aliphatic rings. The van der Waals surface area contributed by atoms with Gasteiger partial charge in [0.15, 0.2) is 30.1 Å². The highest BCUT2D eigenvalue weighted by Gasteiger charge is 2.39. The van der Waals surface area contributed by atoms with E-state index in [1.807, 2.05) is 91.1 Å². The van der Waals surface area contributed by atoms with Gasteiger partial charge in [0.25, 0.3) is 0 Å². The molecule has 0 spiro atoms. The fourth-order valence-corrected chi connectivity index (χ4v) is 15.1. The lowest BCUT2D eigenvalue weighted by Crippen LogP contribution is -2.45. The molecule has 4 atom stereocenters. The smallest absolute Gasteiger partial charge is 0.408 e. The number of hydrogen-bond acceptors (Lipinski definition) is 23. The largest absolute Gasteiger partial charge is 0.508 e. The van der Waals surface area contributed by atoms with Crippen molar-refractivity contribution in [3.8, 4) is 33.4 Å². The van der Waals surface area contributed by atoms with Gasteiger partial charge in [-0.1, -0.05) is 144 Å². The number of carbonyl (C=O) groups excluding carboxylic acids is 6. The molecule has 0 bridgehead atoms. The van der Waals surface area contributed by atoms with Gasteiger partial charge in [0.2, 0.25) is 5.91 Å². The molecule has 0 radical (unpaired) electrons. The Labute approximate surface area is 771 Å². The van der Waals surface area contributed by atoms with E-state index in [1.54, 1.807) is 85.8 Å². The lowest BCUT2D eigenvalue weighted by atomic mass is 10.1. The molecular formula is C94H149BrClN7O19SSi3. The van der Waals surface area contributed by atoms with Crippen molar-refractivity contribution in [2.75, 3.05) is 88.9 Å². The van der Waals surface area contributed by atoms with Crippen LogP contribution in [0.3, 0.4) is 0 Å². The van der Waals surface area contributed by atoms with Crippen LogP contribution in [0.5, 0.6) is 23.0 Å². The van der Waals surface area contributed by atoms with Crippen LogP contribution in [0.4, 0.5) is 25.2 Å². The van der Waals surface area contributed by atoms with Gasteiger partial charge in [-0.05, 0) is 236 Å². The van der Waals surface area contributed by atoms with Crippen molar-refractivity contribution in [3.63, 3.8) is 0 Å². The zero-order valence-electron chi connectivity index (χ0n) is 79.8. The van der Waals surface area contributed by atoms with Gasteiger partial charge in [-0.25, -0.2) is 29.0 Å². The number of carbonyl (C=O) groups is 6. The number of nitrogens with two attached hydrogens (primary N) is 1. The Balaban J connectivity index is 0.000000418. The SMILES string of the molecule is CC(C)(C)OC(=O)N[C@H](CO)Cc1ccc(OCCCO[Si](C)(C)C(C)(C)C)cc1.CC(C)(C)[Si](C)(C)OCCCBr.COC(=O)[C@H](Cc1ccc(O)cc1)NC(=O)OC(C)(C)C.COC(=O)[C@H](Cc1ccc(OCCCO[Si](C)(C)C(C)(C)C)cc1)NC(=O)OC(C)(C)C.N[C@H](CNc1ncc(-c2ccc3c(c2)CC(=O)N3)s1)Cc1ccc(OCCCCl)cc1. The van der Waals surface area contributed by atoms with Gasteiger partial charge in [0.05, 0.1) is 58.0 Å². The third-order valence-corrected chi connectivity index (χ3v) is 36.1. The minimum atomic E-state index is -1.73. The number of methoxy groups -OCH3 is 2. The molecule has 0 unspecified atom stereocenters. The standard InChI is InChI=1S/C24H41NO6Si.C23H25ClN4O2S.C23H41NO5Si.C15H21NO5.C9H21BrOSi/c1-23(2,3)31-22(27)25-20(21(26)28-7)17-18-11-13-19(14-12-18)29-15-10-16-30-32(8,9)24(4,5)6;24-8-1-9-30-19-5-2-15(3-6-19)10-18(25)13-26-23-27-14-21(31-23)16-4-7-20-17(11-16)12-22(29)28-20;1-22(2,3)29-21(26)24-19(17-25)16-18-10-12-20(13-11-18)27-14-9-15-28-30(7,8)23(4,5)6;1-15(2,3)21-14(19)16-12(13(18)20-4)9-10-5-7-11(17)8-6-10;1-9(2,3)12(4,5)11-8-6-7-10/h11-14,20H,10,15-17H2,1-9H3,(H,25,27);2-7,11,14,18H,1,8-10,12-13,25H2,(H,26,27)(H,28,29);10-13,19,25H,9,14-17H2,1-8H3,(H,24,26);5-8,12,17H,9H2,1-4H3,(H,16,19);6-8H2,1-5H3/t20-;18-;19-;12-;/m0000./s1. The summed E-state index contributed by atoms with van der Waals surface area (Å²) in [6, 6.07) is 33.4. The first-order valence-corrected chi connectivity index (χ1v) is 54.3. The summed E-state index contributed by atoms with van der Waals surface area (Å²) >= 11 is 10.7. The van der Waals surface area contributed by atoms with E-state index < -0.39 is 90.1 Å². The monoisotopic (exact) mass is 1910 g/mol. The molecule has 0 aliphatic carbocycles. The first kappa shape index (κ1) is 112. The number of fused-ring (bicyclic) bond motifs is 1. The molecule has 0 saturated heterocycles. The molecule has 7 rings (SSSR count). The lowest BCUT2D eigenvalue weighted by Gasteiger charge is -2.36. The first-order chi connectivity index (χ1) is 58.5. The molecule has 9 N–H and O–H groups in total. The van der Waals surface area contributed by atoms with E-state index in [2.05, 4.69) is 160 Å². The average molecular weight is 1910 g/mol. The Bertz CT molecular complexity index is 4220. The van der Waals surface area contributed by atoms with Crippen molar-refractivity contribution in [2.45, 2.75) is 278 Å². The van der Waals surface area contributed by atoms with Crippen molar-refractivity contribution < 1.29 is 90.2 Å². The van der Waals surface area contributed by atoms with Gasteiger partial charge < -0.3 is 93.7 Å². The Hall–Kier alpha value is -7.83. The summed E-state index contributed by atoms with van der Waals surface area (Å²) < 4.78 is 60.6. The Morgan fingerprint density at radius 2 is 0.897 bits per heavy atom. The molecule has 0 saturated carbocycles. The molecular weight excluding hydrogens is 1760 g/mol. The zero-order chi connectivity index (χ0) is 95.1. The van der Waals surface area contributed by atoms with Gasteiger partial charge in [-0.2, -0.15) is 0 Å². The van der Waals surface area contributed by atoms with Gasteiger partial charge in [-0.3, -0.25) is 4.79 Å². The van der Waals surface area contributed by atoms with Crippen LogP contribution in [-0.4, -0.2) is 195 Å². The number of anilines is 2. The maximum Gasteiger partial charge on any atom is 0.408 e. The van der Waals surface area contributed by atoms with E-state index in [4.69, 9.17) is 63.8 Å². The Morgan fingerprint density at radius 3 is 1.27 bits per heavy atom. The molecule has 706 valence electrons. The van der Waals surface area contributed by atoms with Gasteiger partial charge >= 0.3 is 30.2 Å². The van der Waals surface area contributed by atoms with Crippen LogP contribution in [0.15, 0.2) is 121 Å². The molecule has 0 fully saturated rings. The number of benzene rings is 5. The fourth-order valence-electron chi connectivity index (χ4n) is 10.7. The predicted octanol–water partition coefficient (Wildman–Crippen LogP) is 20.1. The van der Waals surface area contributed by atoms with Crippen LogP contribution in [0.1, 0.15) is 178 Å². The number of esters is 2. The van der Waals surface area contributed by atoms with Gasteiger partial charge in [0.1, 0.15) is 51.9 Å². The van der Waals surface area contributed by atoms with Crippen LogP contribution in [0.2, 0.25) is 54.4 Å². The van der Waals surface area contributed by atoms with Crippen LogP contribution in [0.25, 0.3) is 10.4 Å². The first-order valence-electron chi connectivity index (χ1n) is 43.1. The maximum absolute atomic E-state index is 12.1. The second-order valence-electron chi connectivity index (χ2n) is 38.3. The maximum atomic E-state index is 12.1. The molecule has 6 aromatic rings. The number of alkyl halides is 2. The van der Waals surface area contributed by atoms with Crippen molar-refractivity contribution in [2.24, 2.45) is 5.73 Å². The number of nitrogens with zero attached hydrogens (tertiary/aromatic N) is 1. The highest BCUT2D eigenvalue weighted by Crippen LogP contribution is 2.40. The minimum absolute atomic E-state index is 0.0348. The molecule has 32 heteroatoms. The van der Waals surface area contributed by atoms with Crippen molar-refractivity contribution in [3.05, 3.63) is 149 Å². The van der Waals surface area contributed by atoms with Gasteiger partial charge in [0, 0.05) is 81.2 Å². The number of thiazole rings is 1. The Morgan fingerprint density at radius 1 is 0.524 bits per heavy atom. The number of aliphatic hydroxyl groups excluding tert-OH is 1. The molecule has 2 heterocycles. The van der Waals surface area contributed by atoms with Crippen LogP contribution >= 0.6 is 38.9 Å². The zero-order valence-corrected chi connectivity index (χ0v) is 86.0. The molecule has 1 aliphatic heterocycles. The quantitative estimate of drug-likeness (QED) is 0.00587. The van der Waals surface area contributed by atoms with Crippen LogP contribution in [-0.2, 0) is 83.5 Å². The summed E-state index contributed by atoms with van der Waals surface area (Å²) in [5.41, 5.74) is 11.2. The topological polar surface area (TPSA) is 343 Å². The van der Waals surface area contributed by atoms with Crippen molar-refractivity contribution in [1.29, 1.82) is 0 Å².